The molecule has 1 aliphatic heterocycles. The number of ether oxygens (including phenoxy) is 1. The minimum atomic E-state index is 0.328. The molecule has 0 N–H and O–H groups in total. The second kappa shape index (κ2) is 4.61. The molecule has 0 amide bonds. The van der Waals surface area contributed by atoms with Gasteiger partial charge in [0, 0.05) is 11.5 Å². The maximum Gasteiger partial charge on any atom is 0.119 e. The maximum absolute atomic E-state index is 5.51. The molecule has 1 aromatic rings. The van der Waals surface area contributed by atoms with E-state index < -0.39 is 0 Å². The van der Waals surface area contributed by atoms with Crippen molar-refractivity contribution in [3.8, 4) is 5.75 Å². The molecule has 4 rings (SSSR count). The van der Waals surface area contributed by atoms with E-state index in [2.05, 4.69) is 36.7 Å². The number of fused-ring (bicyclic) bond motifs is 1. The summed E-state index contributed by atoms with van der Waals surface area (Å²) in [5.74, 6) is 1.80. The molecule has 0 spiro atoms. The van der Waals surface area contributed by atoms with E-state index in [1.807, 2.05) is 0 Å². The molecule has 2 fully saturated rings. The van der Waals surface area contributed by atoms with Gasteiger partial charge in [-0.1, -0.05) is 18.2 Å². The van der Waals surface area contributed by atoms with Gasteiger partial charge in [-0.15, -0.1) is 0 Å². The molecule has 0 aromatic heterocycles. The van der Waals surface area contributed by atoms with Crippen molar-refractivity contribution in [2.75, 3.05) is 20.7 Å². The van der Waals surface area contributed by atoms with Crippen LogP contribution in [-0.2, 0) is 11.8 Å². The minimum Gasteiger partial charge on any atom is -0.497 e. The van der Waals surface area contributed by atoms with Crippen LogP contribution in [0.3, 0.4) is 0 Å². The number of methoxy groups -OCH3 is 1. The fraction of sp³-hybridized carbons (Fsp3) is 0.579. The number of likely N-dealkylation sites (tertiary alicyclic amines) is 1. The molecule has 1 saturated carbocycles. The van der Waals surface area contributed by atoms with Crippen molar-refractivity contribution in [1.82, 2.24) is 4.90 Å². The molecule has 0 radical (unpaired) electrons. The third-order valence-electron chi connectivity index (χ3n) is 6.31. The molecule has 2 bridgehead atoms. The molecule has 2 aliphatic carbocycles. The number of piperidine rings is 1. The SMILES string of the molecule is C=C1CC[C@H]2[C@H]3Cc4ccc(OC)cc4[C@@]2(CCN3C)C1. The highest BCUT2D eigenvalue weighted by Gasteiger charge is 2.53. The van der Waals surface area contributed by atoms with Crippen LogP contribution in [0.5, 0.6) is 5.75 Å². The minimum absolute atomic E-state index is 0.328. The van der Waals surface area contributed by atoms with Crippen molar-refractivity contribution >= 4 is 0 Å². The number of rotatable bonds is 1. The first kappa shape index (κ1) is 13.4. The van der Waals surface area contributed by atoms with Crippen LogP contribution >= 0.6 is 0 Å². The number of allylic oxidation sites excluding steroid dienone is 1. The third kappa shape index (κ3) is 1.81. The van der Waals surface area contributed by atoms with Gasteiger partial charge < -0.3 is 9.64 Å². The van der Waals surface area contributed by atoms with E-state index in [1.54, 1.807) is 18.2 Å². The average Bonchev–Trinajstić information content (AvgIpc) is 2.50. The smallest absolute Gasteiger partial charge is 0.119 e. The van der Waals surface area contributed by atoms with Crippen LogP contribution in [0.1, 0.15) is 36.8 Å². The third-order valence-corrected chi connectivity index (χ3v) is 6.31. The maximum atomic E-state index is 5.51. The van der Waals surface area contributed by atoms with Crippen molar-refractivity contribution in [3.63, 3.8) is 0 Å². The van der Waals surface area contributed by atoms with Crippen molar-refractivity contribution in [2.24, 2.45) is 5.92 Å². The summed E-state index contributed by atoms with van der Waals surface area (Å²) in [6.07, 6.45) is 6.18. The molecule has 2 heteroatoms. The van der Waals surface area contributed by atoms with Crippen LogP contribution < -0.4 is 4.74 Å². The Morgan fingerprint density at radius 3 is 3.05 bits per heavy atom. The average molecular weight is 283 g/mol. The number of likely N-dealkylation sites (N-methyl/N-ethyl adjacent to an activating group) is 1. The first-order valence-corrected chi connectivity index (χ1v) is 8.18. The van der Waals surface area contributed by atoms with Gasteiger partial charge in [-0.3, -0.25) is 0 Å². The van der Waals surface area contributed by atoms with Gasteiger partial charge in [0.15, 0.2) is 0 Å². The Bertz CT molecular complexity index is 593. The van der Waals surface area contributed by atoms with Crippen LogP contribution in [0, 0.1) is 5.92 Å². The van der Waals surface area contributed by atoms with Gasteiger partial charge in [0.2, 0.25) is 0 Å². The highest BCUT2D eigenvalue weighted by atomic mass is 16.5. The van der Waals surface area contributed by atoms with Crippen molar-refractivity contribution < 1.29 is 4.74 Å². The van der Waals surface area contributed by atoms with Gasteiger partial charge in [0.25, 0.3) is 0 Å². The molecule has 2 nitrogen and oxygen atoms in total. The Balaban J connectivity index is 1.90. The fourth-order valence-corrected chi connectivity index (χ4v) is 5.26. The van der Waals surface area contributed by atoms with Gasteiger partial charge in [0.1, 0.15) is 5.75 Å². The Morgan fingerprint density at radius 1 is 1.38 bits per heavy atom. The predicted molar refractivity (Wildman–Crippen MR) is 85.9 cm³/mol. The number of nitrogens with zero attached hydrogens (tertiary/aromatic N) is 1. The number of benzene rings is 1. The standard InChI is InChI=1S/C19H25NO/c1-13-4-7-16-18-10-14-5-6-15(21-3)11-17(14)19(16,12-13)8-9-20(18)2/h5-6,11,16,18H,1,4,7-10,12H2,2-3H3/t16-,18+,19-/m0/s1. The van der Waals surface area contributed by atoms with E-state index in [0.29, 0.717) is 11.5 Å². The van der Waals surface area contributed by atoms with Gasteiger partial charge >= 0.3 is 0 Å². The van der Waals surface area contributed by atoms with Crippen LogP contribution in [-0.4, -0.2) is 31.6 Å². The number of hydrogen-bond donors (Lipinski definition) is 0. The Kier molecular flexibility index (Phi) is 2.94. The van der Waals surface area contributed by atoms with E-state index in [1.165, 1.54) is 44.2 Å². The molecular formula is C19H25NO. The predicted octanol–water partition coefficient (Wildman–Crippen LogP) is 3.55. The molecule has 3 aliphatic rings. The molecule has 0 unspecified atom stereocenters. The lowest BCUT2D eigenvalue weighted by molar-refractivity contribution is 0.0149. The van der Waals surface area contributed by atoms with Crippen LogP contribution in [0.25, 0.3) is 0 Å². The Hall–Kier alpha value is -1.28. The van der Waals surface area contributed by atoms with E-state index >= 15 is 0 Å². The highest BCUT2D eigenvalue weighted by molar-refractivity contribution is 5.46. The zero-order valence-electron chi connectivity index (χ0n) is 13.2. The first-order valence-electron chi connectivity index (χ1n) is 8.18. The van der Waals surface area contributed by atoms with Crippen LogP contribution in [0.15, 0.2) is 30.4 Å². The lowest BCUT2D eigenvalue weighted by Crippen LogP contribution is -2.60. The summed E-state index contributed by atoms with van der Waals surface area (Å²) in [6.45, 7) is 5.55. The van der Waals surface area contributed by atoms with Gasteiger partial charge in [-0.2, -0.15) is 0 Å². The van der Waals surface area contributed by atoms with E-state index in [-0.39, 0.29) is 0 Å². The first-order chi connectivity index (χ1) is 10.1. The van der Waals surface area contributed by atoms with Crippen LogP contribution in [0.4, 0.5) is 0 Å². The molecule has 1 heterocycles. The second-order valence-electron chi connectivity index (χ2n) is 7.25. The molecular weight excluding hydrogens is 258 g/mol. The van der Waals surface area contributed by atoms with Crippen LogP contribution in [0.2, 0.25) is 0 Å². The van der Waals surface area contributed by atoms with Crippen molar-refractivity contribution in [3.05, 3.63) is 41.5 Å². The molecule has 1 aromatic carbocycles. The van der Waals surface area contributed by atoms with Gasteiger partial charge in [-0.25, -0.2) is 0 Å². The summed E-state index contributed by atoms with van der Waals surface area (Å²) < 4.78 is 5.51. The highest BCUT2D eigenvalue weighted by Crippen LogP contribution is 2.56. The lowest BCUT2D eigenvalue weighted by Gasteiger charge is -2.58. The summed E-state index contributed by atoms with van der Waals surface area (Å²) >= 11 is 0. The van der Waals surface area contributed by atoms with Crippen molar-refractivity contribution in [2.45, 2.75) is 43.6 Å². The zero-order chi connectivity index (χ0) is 14.6. The van der Waals surface area contributed by atoms with E-state index in [4.69, 9.17) is 4.74 Å². The lowest BCUT2D eigenvalue weighted by atomic mass is 9.52. The quantitative estimate of drug-likeness (QED) is 0.731. The van der Waals surface area contributed by atoms with Gasteiger partial charge in [0.05, 0.1) is 7.11 Å². The summed E-state index contributed by atoms with van der Waals surface area (Å²) in [5, 5.41) is 0. The molecule has 1 saturated heterocycles. The topological polar surface area (TPSA) is 12.5 Å². The van der Waals surface area contributed by atoms with E-state index in [0.717, 1.165) is 11.7 Å². The second-order valence-corrected chi connectivity index (χ2v) is 7.25. The fourth-order valence-electron chi connectivity index (χ4n) is 5.26. The summed E-state index contributed by atoms with van der Waals surface area (Å²) in [4.78, 5) is 2.60. The summed E-state index contributed by atoms with van der Waals surface area (Å²) in [6, 6.07) is 7.47. The largest absolute Gasteiger partial charge is 0.497 e. The summed E-state index contributed by atoms with van der Waals surface area (Å²) in [7, 11) is 4.09. The monoisotopic (exact) mass is 283 g/mol. The Morgan fingerprint density at radius 2 is 2.24 bits per heavy atom. The Labute approximate surface area is 127 Å². The normalized spacial score (nSPS) is 35.0. The number of hydrogen-bond acceptors (Lipinski definition) is 2. The van der Waals surface area contributed by atoms with E-state index in [9.17, 15) is 0 Å². The molecule has 3 atom stereocenters. The zero-order valence-corrected chi connectivity index (χ0v) is 13.2. The van der Waals surface area contributed by atoms with Crippen molar-refractivity contribution in [1.29, 1.82) is 0 Å². The molecule has 112 valence electrons. The van der Waals surface area contributed by atoms with Gasteiger partial charge in [-0.05, 0) is 74.9 Å². The molecule has 21 heavy (non-hydrogen) atoms. The summed E-state index contributed by atoms with van der Waals surface area (Å²) in [5.41, 5.74) is 4.88.